The molecule has 1 aromatic rings. The highest BCUT2D eigenvalue weighted by molar-refractivity contribution is 7.88. The summed E-state index contributed by atoms with van der Waals surface area (Å²) in [6, 6.07) is 3.51. The van der Waals surface area contributed by atoms with Crippen molar-refractivity contribution in [1.82, 2.24) is 20.7 Å². The van der Waals surface area contributed by atoms with Crippen LogP contribution >= 0.6 is 0 Å². The minimum absolute atomic E-state index is 0.188. The molecule has 16 heteroatoms. The number of carbonyl (C=O) groups is 4. The van der Waals surface area contributed by atoms with Crippen LogP contribution < -0.4 is 32.1 Å². The van der Waals surface area contributed by atoms with E-state index >= 15 is 0 Å². The Bertz CT molecular complexity index is 1090. The van der Waals surface area contributed by atoms with Gasteiger partial charge in [0.25, 0.3) is 0 Å². The number of carboxylic acid groups (broad SMARTS) is 1. The number of nitrogens with one attached hydrogen (secondary N) is 6. The van der Waals surface area contributed by atoms with E-state index in [9.17, 15) is 27.6 Å². The number of sulfonamides is 1. The number of hydrogen-bond acceptors (Lipinski definition) is 8. The van der Waals surface area contributed by atoms with Gasteiger partial charge in [0.05, 0.1) is 18.3 Å². The van der Waals surface area contributed by atoms with E-state index in [1.165, 1.54) is 24.3 Å². The fourth-order valence-electron chi connectivity index (χ4n) is 3.04. The van der Waals surface area contributed by atoms with Gasteiger partial charge < -0.3 is 37.3 Å². The maximum absolute atomic E-state index is 12.6. The maximum atomic E-state index is 12.6. The lowest BCUT2D eigenvalue weighted by atomic mass is 10.1. The van der Waals surface area contributed by atoms with E-state index in [1.807, 2.05) is 0 Å². The van der Waals surface area contributed by atoms with Crippen molar-refractivity contribution in [3.05, 3.63) is 35.4 Å². The summed E-state index contributed by atoms with van der Waals surface area (Å²) in [5, 5.41) is 30.6. The number of guanidine groups is 1. The molecule has 0 fully saturated rings. The number of aldehydes is 1. The molecule has 0 saturated carbocycles. The van der Waals surface area contributed by atoms with Gasteiger partial charge in [-0.15, -0.1) is 0 Å². The number of aliphatic carboxylic acids is 1. The molecule has 0 bridgehead atoms. The van der Waals surface area contributed by atoms with Gasteiger partial charge in [-0.1, -0.05) is 24.3 Å². The Balaban J connectivity index is 2.72. The first kappa shape index (κ1) is 31.0. The molecule has 15 nitrogen and oxygen atoms in total. The van der Waals surface area contributed by atoms with E-state index in [0.29, 0.717) is 30.4 Å². The first-order valence-electron chi connectivity index (χ1n) is 11.1. The molecule has 11 N–H and O–H groups in total. The number of carbonyl (C=O) groups excluding carboxylic acids is 3. The summed E-state index contributed by atoms with van der Waals surface area (Å²) >= 11 is 0. The third-order valence-corrected chi connectivity index (χ3v) is 6.21. The largest absolute Gasteiger partial charge is 0.481 e. The summed E-state index contributed by atoms with van der Waals surface area (Å²) in [6.45, 7) is -0.259. The molecule has 2 amide bonds. The fourth-order valence-corrected chi connectivity index (χ4v) is 4.41. The Hall–Kier alpha value is -4.05. The zero-order chi connectivity index (χ0) is 28.0. The molecule has 0 spiro atoms. The van der Waals surface area contributed by atoms with Crippen molar-refractivity contribution in [3.8, 4) is 0 Å². The maximum Gasteiger partial charge on any atom is 0.303 e. The molecule has 0 aliphatic rings. The number of carboxylic acids is 1. The number of benzene rings is 1. The molecule has 204 valence electrons. The Morgan fingerprint density at radius 1 is 1.05 bits per heavy atom. The molecular formula is C21H32N8O7S. The zero-order valence-corrected chi connectivity index (χ0v) is 20.8. The van der Waals surface area contributed by atoms with Gasteiger partial charge in [-0.05, 0) is 24.8 Å². The summed E-state index contributed by atoms with van der Waals surface area (Å²) in [7, 11) is -4.11. The highest BCUT2D eigenvalue weighted by Gasteiger charge is 2.26. The van der Waals surface area contributed by atoms with E-state index < -0.39 is 58.6 Å². The second kappa shape index (κ2) is 15.1. The van der Waals surface area contributed by atoms with E-state index in [2.05, 4.69) is 20.7 Å². The average molecular weight is 541 g/mol. The van der Waals surface area contributed by atoms with Gasteiger partial charge >= 0.3 is 5.97 Å². The fraction of sp³-hybridized carbons (Fsp3) is 0.429. The number of hydrogen-bond donors (Lipinski definition) is 9. The van der Waals surface area contributed by atoms with Crippen LogP contribution in [0.1, 0.15) is 36.8 Å². The molecule has 2 atom stereocenters. The van der Waals surface area contributed by atoms with Gasteiger partial charge in [-0.2, -0.15) is 0 Å². The van der Waals surface area contributed by atoms with Gasteiger partial charge in [-0.3, -0.25) is 25.2 Å². The predicted molar refractivity (Wildman–Crippen MR) is 134 cm³/mol. The Morgan fingerprint density at radius 3 is 2.24 bits per heavy atom. The average Bonchev–Trinajstić information content (AvgIpc) is 2.81. The first-order chi connectivity index (χ1) is 17.3. The Kier molecular flexibility index (Phi) is 12.7. The van der Waals surface area contributed by atoms with Crippen LogP contribution in [0, 0.1) is 10.8 Å². The normalized spacial score (nSPS) is 12.5. The molecule has 0 aliphatic carbocycles. The summed E-state index contributed by atoms with van der Waals surface area (Å²) in [5.74, 6) is -3.82. The minimum Gasteiger partial charge on any atom is -0.481 e. The van der Waals surface area contributed by atoms with Crippen molar-refractivity contribution < 1.29 is 32.7 Å². The van der Waals surface area contributed by atoms with Crippen molar-refractivity contribution in [2.45, 2.75) is 43.5 Å². The van der Waals surface area contributed by atoms with E-state index in [0.717, 1.165) is 0 Å². The highest BCUT2D eigenvalue weighted by atomic mass is 32.2. The second-order valence-corrected chi connectivity index (χ2v) is 9.74. The van der Waals surface area contributed by atoms with Crippen molar-refractivity contribution >= 4 is 45.9 Å². The van der Waals surface area contributed by atoms with E-state index in [1.54, 1.807) is 0 Å². The van der Waals surface area contributed by atoms with Crippen LogP contribution in [0.25, 0.3) is 0 Å². The van der Waals surface area contributed by atoms with Crippen molar-refractivity contribution in [3.63, 3.8) is 0 Å². The van der Waals surface area contributed by atoms with Crippen molar-refractivity contribution in [2.75, 3.05) is 13.1 Å². The van der Waals surface area contributed by atoms with Gasteiger partial charge in [0.1, 0.15) is 18.2 Å². The molecule has 1 unspecified atom stereocenters. The molecule has 37 heavy (non-hydrogen) atoms. The number of nitrogen functional groups attached to an aromatic ring is 1. The second-order valence-electron chi connectivity index (χ2n) is 7.98. The zero-order valence-electron chi connectivity index (χ0n) is 20.0. The topological polar surface area (TPSA) is 271 Å². The lowest BCUT2D eigenvalue weighted by molar-refractivity contribution is -0.137. The summed E-state index contributed by atoms with van der Waals surface area (Å²) in [6.07, 6.45) is 0.303. The molecule has 0 heterocycles. The number of amides is 2. The van der Waals surface area contributed by atoms with Gasteiger partial charge in [-0.25, -0.2) is 13.1 Å². The number of amidine groups is 1. The molecule has 1 aromatic carbocycles. The molecule has 0 aromatic heterocycles. The van der Waals surface area contributed by atoms with Crippen LogP contribution in [0.2, 0.25) is 0 Å². The van der Waals surface area contributed by atoms with Gasteiger partial charge in [0, 0.05) is 18.5 Å². The predicted octanol–water partition coefficient (Wildman–Crippen LogP) is -2.31. The van der Waals surface area contributed by atoms with E-state index in [-0.39, 0.29) is 24.6 Å². The summed E-state index contributed by atoms with van der Waals surface area (Å²) in [5.41, 5.74) is 11.3. The third-order valence-electron chi connectivity index (χ3n) is 4.85. The molecule has 0 saturated heterocycles. The number of nitrogens with two attached hydrogens (primary N) is 2. The van der Waals surface area contributed by atoms with Crippen LogP contribution in [0.5, 0.6) is 0 Å². The molecular weight excluding hydrogens is 508 g/mol. The Morgan fingerprint density at radius 2 is 1.70 bits per heavy atom. The lowest BCUT2D eigenvalue weighted by Gasteiger charge is -2.18. The van der Waals surface area contributed by atoms with Crippen LogP contribution in [-0.4, -0.2) is 74.6 Å². The molecule has 1 rings (SSSR count). The van der Waals surface area contributed by atoms with Crippen LogP contribution in [0.4, 0.5) is 0 Å². The van der Waals surface area contributed by atoms with Crippen LogP contribution in [0.3, 0.4) is 0 Å². The van der Waals surface area contributed by atoms with E-state index in [4.69, 9.17) is 27.4 Å². The minimum atomic E-state index is -4.11. The van der Waals surface area contributed by atoms with Gasteiger partial charge in [0.15, 0.2) is 5.96 Å². The standard InChI is InChI=1S/C21H32N8O7S/c22-19(23)14-5-3-13(4-6-14)12-37(35,36)29-16(7-8-18(32)33)20(34)27-10-17(31)28-15(11-30)2-1-9-26-21(24)25/h3-6,11,15-16,29H,1-2,7-10,12H2,(H3,22,23)(H,27,34)(H,28,31)(H,32,33)(H4,24,25,26)/t15?,16-/m0/s1. The summed E-state index contributed by atoms with van der Waals surface area (Å²) in [4.78, 5) is 46.9. The highest BCUT2D eigenvalue weighted by Crippen LogP contribution is 2.09. The Labute approximate surface area is 213 Å². The van der Waals surface area contributed by atoms with Crippen molar-refractivity contribution in [1.29, 1.82) is 10.8 Å². The molecule has 0 radical (unpaired) electrons. The van der Waals surface area contributed by atoms with Gasteiger partial charge in [0.2, 0.25) is 21.8 Å². The number of rotatable bonds is 17. The quantitative estimate of drug-likeness (QED) is 0.0440. The first-order valence-corrected chi connectivity index (χ1v) is 12.7. The summed E-state index contributed by atoms with van der Waals surface area (Å²) < 4.78 is 27.4. The lowest BCUT2D eigenvalue weighted by Crippen LogP contribution is -2.50. The molecule has 0 aliphatic heterocycles. The van der Waals surface area contributed by atoms with Crippen LogP contribution in [-0.2, 0) is 35.0 Å². The van der Waals surface area contributed by atoms with Crippen molar-refractivity contribution in [2.24, 2.45) is 11.5 Å². The third kappa shape index (κ3) is 13.0. The SMILES string of the molecule is N=C(N)NCCCC(C=O)NC(=O)CNC(=O)[C@H](CCC(=O)O)NS(=O)(=O)Cc1ccc(C(=N)N)cc1. The monoisotopic (exact) mass is 540 g/mol. The smallest absolute Gasteiger partial charge is 0.303 e. The van der Waals surface area contributed by atoms with Crippen LogP contribution in [0.15, 0.2) is 24.3 Å².